The molecule has 6 heteroatoms. The Morgan fingerprint density at radius 1 is 1.33 bits per heavy atom. The van der Waals surface area contributed by atoms with Gasteiger partial charge in [0.15, 0.2) is 0 Å². The lowest BCUT2D eigenvalue weighted by molar-refractivity contribution is -0.782. The lowest BCUT2D eigenvalue weighted by Gasteiger charge is -1.90. The van der Waals surface area contributed by atoms with E-state index in [0.717, 1.165) is 0 Å². The Hall–Kier alpha value is -1.00. The maximum absolute atomic E-state index is 10.9. The van der Waals surface area contributed by atoms with Crippen LogP contribution in [0.4, 0.5) is 0 Å². The Labute approximate surface area is 76.8 Å². The van der Waals surface area contributed by atoms with Crippen molar-refractivity contribution in [1.29, 1.82) is 0 Å². The van der Waals surface area contributed by atoms with E-state index >= 15 is 0 Å². The topological polar surface area (TPSA) is 53.0 Å². The van der Waals surface area contributed by atoms with Crippen molar-refractivity contribution in [2.75, 3.05) is 0 Å². The zero-order chi connectivity index (χ0) is 8.72. The Morgan fingerprint density at radius 3 is 2.67 bits per heavy atom. The summed E-state index contributed by atoms with van der Waals surface area (Å²) in [5, 5.41) is 14.9. The van der Waals surface area contributed by atoms with E-state index in [9.17, 15) is 5.21 Å². The van der Waals surface area contributed by atoms with Crippen LogP contribution in [0.2, 0.25) is 10.0 Å². The van der Waals surface area contributed by atoms with Crippen molar-refractivity contribution in [2.45, 2.75) is 0 Å². The Kier molecular flexibility index (Phi) is 1.59. The van der Waals surface area contributed by atoms with Gasteiger partial charge in [0.2, 0.25) is 5.52 Å². The largest absolute Gasteiger partial charge is 0.359 e. The molecule has 1 aromatic heterocycles. The number of rotatable bonds is 0. The van der Waals surface area contributed by atoms with Gasteiger partial charge in [-0.25, -0.2) is 0 Å². The molecular weight excluding hydrogens is 203 g/mol. The maximum atomic E-state index is 10.9. The lowest BCUT2D eigenvalue weighted by atomic mass is 10.3. The van der Waals surface area contributed by atoms with E-state index < -0.39 is 0 Å². The van der Waals surface area contributed by atoms with Gasteiger partial charge < -0.3 is 5.21 Å². The molecule has 0 aliphatic heterocycles. The average Bonchev–Trinajstić information content (AvgIpc) is 2.42. The summed E-state index contributed by atoms with van der Waals surface area (Å²) in [5.74, 6) is 0. The molecule has 0 atom stereocenters. The first kappa shape index (κ1) is 7.64. The summed E-state index contributed by atoms with van der Waals surface area (Å²) >= 11 is 11.4. The average molecular weight is 205 g/mol. The highest BCUT2D eigenvalue weighted by Gasteiger charge is 2.16. The van der Waals surface area contributed by atoms with E-state index in [2.05, 4.69) is 9.79 Å². The maximum Gasteiger partial charge on any atom is 0.268 e. The number of fused-ring (bicyclic) bond motifs is 1. The van der Waals surface area contributed by atoms with Crippen LogP contribution in [-0.2, 0) is 0 Å². The minimum absolute atomic E-state index is 0.157. The van der Waals surface area contributed by atoms with Gasteiger partial charge in [0.05, 0.1) is 10.0 Å². The molecule has 0 bridgehead atoms. The fourth-order valence-corrected chi connectivity index (χ4v) is 1.32. The summed E-state index contributed by atoms with van der Waals surface area (Å²) < 4.78 is 4.32. The minimum Gasteiger partial charge on any atom is -0.359 e. The van der Waals surface area contributed by atoms with E-state index in [-0.39, 0.29) is 21.0 Å². The van der Waals surface area contributed by atoms with Crippen molar-refractivity contribution < 1.29 is 9.53 Å². The summed E-state index contributed by atoms with van der Waals surface area (Å²) in [7, 11) is 0. The highest BCUT2D eigenvalue weighted by molar-refractivity contribution is 6.38. The number of aromatic nitrogens is 2. The lowest BCUT2D eigenvalue weighted by Crippen LogP contribution is -2.22. The van der Waals surface area contributed by atoms with E-state index in [1.54, 1.807) is 6.07 Å². The Morgan fingerprint density at radius 2 is 2.00 bits per heavy atom. The summed E-state index contributed by atoms with van der Waals surface area (Å²) in [6.07, 6.45) is 0. The summed E-state index contributed by atoms with van der Waals surface area (Å²) in [6.45, 7) is 0. The van der Waals surface area contributed by atoms with Gasteiger partial charge in [0, 0.05) is 5.16 Å². The van der Waals surface area contributed by atoms with Crippen molar-refractivity contribution in [3.8, 4) is 0 Å². The first-order chi connectivity index (χ1) is 5.70. The van der Waals surface area contributed by atoms with Gasteiger partial charge >= 0.3 is 0 Å². The second kappa shape index (κ2) is 2.50. The molecule has 0 saturated carbocycles. The fourth-order valence-electron chi connectivity index (χ4n) is 0.910. The zero-order valence-corrected chi connectivity index (χ0v) is 7.13. The van der Waals surface area contributed by atoms with Crippen molar-refractivity contribution >= 4 is 34.2 Å². The quantitative estimate of drug-likeness (QED) is 0.615. The van der Waals surface area contributed by atoms with Crippen LogP contribution in [0.3, 0.4) is 0 Å². The van der Waals surface area contributed by atoms with Crippen LogP contribution < -0.4 is 4.90 Å². The summed E-state index contributed by atoms with van der Waals surface area (Å²) in [6, 6.07) is 3.06. The van der Waals surface area contributed by atoms with Crippen molar-refractivity contribution in [1.82, 2.24) is 5.16 Å². The minimum atomic E-state index is 0.157. The first-order valence-corrected chi connectivity index (χ1v) is 3.79. The molecule has 2 rings (SSSR count). The molecule has 0 saturated heterocycles. The number of benzene rings is 1. The molecule has 0 amide bonds. The van der Waals surface area contributed by atoms with Crippen LogP contribution in [0.25, 0.3) is 11.0 Å². The fraction of sp³-hybridized carbons (Fsp3) is 0. The molecule has 0 radical (unpaired) electrons. The van der Waals surface area contributed by atoms with Gasteiger partial charge in [0.25, 0.3) is 5.52 Å². The third-order valence-corrected chi connectivity index (χ3v) is 2.05. The molecule has 1 heterocycles. The molecule has 2 aromatic rings. The Balaban J connectivity index is 2.98. The molecule has 0 aliphatic carbocycles. The van der Waals surface area contributed by atoms with E-state index in [1.807, 2.05) is 0 Å². The third-order valence-electron chi connectivity index (χ3n) is 1.44. The van der Waals surface area contributed by atoms with Gasteiger partial charge in [-0.3, -0.25) is 4.63 Å². The van der Waals surface area contributed by atoms with Gasteiger partial charge in [-0.1, -0.05) is 23.2 Å². The molecule has 62 valence electrons. The normalized spacial score (nSPS) is 10.8. The van der Waals surface area contributed by atoms with Crippen LogP contribution in [0.5, 0.6) is 0 Å². The first-order valence-electron chi connectivity index (χ1n) is 3.03. The number of nitrogens with zero attached hydrogens (tertiary/aromatic N) is 2. The van der Waals surface area contributed by atoms with Gasteiger partial charge in [-0.15, -0.1) is 0 Å². The second-order valence-electron chi connectivity index (χ2n) is 2.16. The molecular formula is C6H2Cl2N2O2. The molecule has 12 heavy (non-hydrogen) atoms. The van der Waals surface area contributed by atoms with Crippen LogP contribution in [-0.4, -0.2) is 5.16 Å². The standard InChI is InChI=1S/C6H2Cl2N2O2/c7-3-1-2-4(8)6-5(3)9-12-10(6)11/h1-2H. The molecule has 0 spiro atoms. The summed E-state index contributed by atoms with van der Waals surface area (Å²) in [4.78, 5) is 0.226. The molecule has 4 nitrogen and oxygen atoms in total. The van der Waals surface area contributed by atoms with Crippen molar-refractivity contribution in [3.05, 3.63) is 27.4 Å². The Bertz CT molecular complexity index is 440. The number of halogens is 2. The van der Waals surface area contributed by atoms with E-state index in [0.29, 0.717) is 5.02 Å². The number of hydrogen-bond donors (Lipinski definition) is 0. The predicted octanol–water partition coefficient (Wildman–Crippen LogP) is 1.77. The summed E-state index contributed by atoms with van der Waals surface area (Å²) in [5.41, 5.74) is 0.434. The van der Waals surface area contributed by atoms with Crippen LogP contribution in [0.15, 0.2) is 16.8 Å². The second-order valence-corrected chi connectivity index (χ2v) is 2.97. The van der Waals surface area contributed by atoms with Crippen molar-refractivity contribution in [3.63, 3.8) is 0 Å². The highest BCUT2D eigenvalue weighted by Crippen LogP contribution is 2.25. The van der Waals surface area contributed by atoms with E-state index in [1.165, 1.54) is 6.07 Å². The molecule has 0 unspecified atom stereocenters. The van der Waals surface area contributed by atoms with E-state index in [4.69, 9.17) is 23.2 Å². The molecule has 0 aliphatic rings. The SMILES string of the molecule is [O-][n+]1onc2c(Cl)ccc(Cl)c21. The zero-order valence-electron chi connectivity index (χ0n) is 5.62. The third kappa shape index (κ3) is 0.922. The molecule has 1 aromatic carbocycles. The smallest absolute Gasteiger partial charge is 0.268 e. The van der Waals surface area contributed by atoms with Crippen molar-refractivity contribution in [2.24, 2.45) is 0 Å². The predicted molar refractivity (Wildman–Crippen MR) is 43.0 cm³/mol. The molecule has 0 fully saturated rings. The van der Waals surface area contributed by atoms with Gasteiger partial charge in [-0.05, 0) is 17.0 Å². The van der Waals surface area contributed by atoms with Crippen LogP contribution in [0, 0.1) is 5.21 Å². The molecule has 0 N–H and O–H groups in total. The van der Waals surface area contributed by atoms with Crippen LogP contribution in [0.1, 0.15) is 0 Å². The highest BCUT2D eigenvalue weighted by atomic mass is 35.5. The monoisotopic (exact) mass is 204 g/mol. The van der Waals surface area contributed by atoms with Gasteiger partial charge in [0.1, 0.15) is 0 Å². The number of hydrogen-bond acceptors (Lipinski definition) is 3. The van der Waals surface area contributed by atoms with Crippen LogP contribution >= 0.6 is 23.2 Å². The van der Waals surface area contributed by atoms with Gasteiger partial charge in [-0.2, -0.15) is 0 Å².